The first-order valence-corrected chi connectivity index (χ1v) is 4.58. The van der Waals surface area contributed by atoms with Gasteiger partial charge in [-0.1, -0.05) is 0 Å². The van der Waals surface area contributed by atoms with E-state index in [-0.39, 0.29) is 6.42 Å². The van der Waals surface area contributed by atoms with Crippen LogP contribution in [-0.4, -0.2) is 23.0 Å². The van der Waals surface area contributed by atoms with Crippen molar-refractivity contribution in [2.24, 2.45) is 17.8 Å². The quantitative estimate of drug-likeness (QED) is 0.480. The van der Waals surface area contributed by atoms with Gasteiger partial charge in [0.05, 0.1) is 17.8 Å². The molecule has 2 fully saturated rings. The highest BCUT2D eigenvalue weighted by Gasteiger charge is 2.48. The van der Waals surface area contributed by atoms with E-state index in [0.717, 1.165) is 0 Å². The Morgan fingerprint density at radius 1 is 1.21 bits per heavy atom. The van der Waals surface area contributed by atoms with E-state index in [9.17, 15) is 14.4 Å². The Balaban J connectivity index is 2.13. The Bertz CT molecular complexity index is 308. The van der Waals surface area contributed by atoms with Crippen LogP contribution < -0.4 is 0 Å². The number of ether oxygens (including phenoxy) is 1. The largest absolute Gasteiger partial charge is 0.481 e. The van der Waals surface area contributed by atoms with E-state index in [1.807, 2.05) is 0 Å². The molecule has 1 aliphatic heterocycles. The van der Waals surface area contributed by atoms with Crippen LogP contribution in [0.5, 0.6) is 0 Å². The molecule has 5 heteroatoms. The first kappa shape index (κ1) is 9.18. The Kier molecular flexibility index (Phi) is 2.02. The lowest BCUT2D eigenvalue weighted by atomic mass is 9.75. The Hall–Kier alpha value is -1.39. The Morgan fingerprint density at radius 3 is 2.50 bits per heavy atom. The molecule has 5 nitrogen and oxygen atoms in total. The maximum absolute atomic E-state index is 11.2. The summed E-state index contributed by atoms with van der Waals surface area (Å²) in [4.78, 5) is 33.0. The van der Waals surface area contributed by atoms with Crippen molar-refractivity contribution in [3.63, 3.8) is 0 Å². The molecule has 76 valence electrons. The minimum Gasteiger partial charge on any atom is -0.481 e. The van der Waals surface area contributed by atoms with E-state index < -0.39 is 35.7 Å². The molecule has 1 saturated carbocycles. The van der Waals surface area contributed by atoms with Crippen LogP contribution in [-0.2, 0) is 19.1 Å². The lowest BCUT2D eigenvalue weighted by Crippen LogP contribution is -2.30. The summed E-state index contributed by atoms with van der Waals surface area (Å²) >= 11 is 0. The summed E-state index contributed by atoms with van der Waals surface area (Å²) in [5.41, 5.74) is 0. The molecule has 1 aliphatic carbocycles. The zero-order valence-electron chi connectivity index (χ0n) is 7.43. The van der Waals surface area contributed by atoms with Crippen LogP contribution in [0.25, 0.3) is 0 Å². The van der Waals surface area contributed by atoms with Crippen molar-refractivity contribution in [2.45, 2.75) is 19.3 Å². The molecule has 1 heterocycles. The molecule has 0 radical (unpaired) electrons. The number of carboxylic acids is 1. The summed E-state index contributed by atoms with van der Waals surface area (Å²) in [6.07, 6.45) is 1.15. The lowest BCUT2D eigenvalue weighted by Gasteiger charge is -2.24. The van der Waals surface area contributed by atoms with Crippen molar-refractivity contribution in [1.29, 1.82) is 0 Å². The molecule has 0 spiro atoms. The molecule has 2 rings (SSSR count). The third kappa shape index (κ3) is 1.29. The van der Waals surface area contributed by atoms with E-state index in [2.05, 4.69) is 4.74 Å². The fraction of sp³-hybridized carbons (Fsp3) is 0.667. The minimum absolute atomic E-state index is 0.241. The number of hydrogen-bond acceptors (Lipinski definition) is 4. The molecule has 14 heavy (non-hydrogen) atoms. The molecule has 1 N–H and O–H groups in total. The number of cyclic esters (lactones) is 2. The zero-order chi connectivity index (χ0) is 10.3. The van der Waals surface area contributed by atoms with Gasteiger partial charge < -0.3 is 9.84 Å². The SMILES string of the molecule is O=C(O)C1CC[C@H]2C(=O)OC(=O)[C@H]2C1. The number of carbonyl (C=O) groups excluding carboxylic acids is 2. The minimum atomic E-state index is -0.893. The maximum Gasteiger partial charge on any atom is 0.317 e. The summed E-state index contributed by atoms with van der Waals surface area (Å²) < 4.78 is 4.47. The highest BCUT2D eigenvalue weighted by atomic mass is 16.6. The summed E-state index contributed by atoms with van der Waals surface area (Å²) in [6.45, 7) is 0. The number of carboxylic acid groups (broad SMARTS) is 1. The van der Waals surface area contributed by atoms with E-state index >= 15 is 0 Å². The molecule has 2 aliphatic rings. The van der Waals surface area contributed by atoms with Crippen LogP contribution >= 0.6 is 0 Å². The van der Waals surface area contributed by atoms with Gasteiger partial charge in [-0.05, 0) is 19.3 Å². The smallest absolute Gasteiger partial charge is 0.317 e. The standard InChI is InChI=1S/C9H10O5/c10-7(11)4-1-2-5-6(3-4)9(13)14-8(5)12/h4-6H,1-3H2,(H,10,11)/t4?,5-,6+/m1/s1. The Morgan fingerprint density at radius 2 is 1.86 bits per heavy atom. The topological polar surface area (TPSA) is 80.7 Å². The van der Waals surface area contributed by atoms with Crippen LogP contribution in [0.4, 0.5) is 0 Å². The van der Waals surface area contributed by atoms with Gasteiger partial charge in [-0.25, -0.2) is 0 Å². The molecule has 1 saturated heterocycles. The molecular formula is C9H10O5. The highest BCUT2D eigenvalue weighted by molar-refractivity contribution is 5.96. The van der Waals surface area contributed by atoms with Gasteiger partial charge in [0.1, 0.15) is 0 Å². The van der Waals surface area contributed by atoms with Gasteiger partial charge in [-0.15, -0.1) is 0 Å². The van der Waals surface area contributed by atoms with Crippen molar-refractivity contribution in [3.05, 3.63) is 0 Å². The van der Waals surface area contributed by atoms with Crippen LogP contribution in [0.3, 0.4) is 0 Å². The average molecular weight is 198 g/mol. The summed E-state index contributed by atoms with van der Waals surface area (Å²) in [7, 11) is 0. The second-order valence-corrected chi connectivity index (χ2v) is 3.80. The van der Waals surface area contributed by atoms with Crippen molar-refractivity contribution < 1.29 is 24.2 Å². The molecule has 0 aromatic carbocycles. The fourth-order valence-corrected chi connectivity index (χ4v) is 2.19. The fourth-order valence-electron chi connectivity index (χ4n) is 2.19. The normalized spacial score (nSPS) is 36.4. The molecule has 3 atom stereocenters. The molecule has 1 unspecified atom stereocenters. The van der Waals surface area contributed by atoms with E-state index in [1.54, 1.807) is 0 Å². The first-order chi connectivity index (χ1) is 6.59. The van der Waals surface area contributed by atoms with Crippen LogP contribution in [0.15, 0.2) is 0 Å². The van der Waals surface area contributed by atoms with Gasteiger partial charge in [0.15, 0.2) is 0 Å². The molecule has 0 amide bonds. The van der Waals surface area contributed by atoms with E-state index in [0.29, 0.717) is 12.8 Å². The van der Waals surface area contributed by atoms with Gasteiger partial charge in [0.2, 0.25) is 0 Å². The van der Waals surface area contributed by atoms with Gasteiger partial charge in [0, 0.05) is 0 Å². The van der Waals surface area contributed by atoms with Crippen molar-refractivity contribution in [3.8, 4) is 0 Å². The number of fused-ring (bicyclic) bond motifs is 1. The maximum atomic E-state index is 11.2. The van der Waals surface area contributed by atoms with Crippen molar-refractivity contribution >= 4 is 17.9 Å². The number of hydrogen-bond donors (Lipinski definition) is 1. The predicted molar refractivity (Wildman–Crippen MR) is 43.1 cm³/mol. The van der Waals surface area contributed by atoms with Crippen LogP contribution in [0, 0.1) is 17.8 Å². The summed E-state index contributed by atoms with van der Waals surface area (Å²) in [5, 5.41) is 8.77. The van der Waals surface area contributed by atoms with E-state index in [4.69, 9.17) is 5.11 Å². The number of rotatable bonds is 1. The monoisotopic (exact) mass is 198 g/mol. The van der Waals surface area contributed by atoms with Crippen molar-refractivity contribution in [2.75, 3.05) is 0 Å². The van der Waals surface area contributed by atoms with Crippen molar-refractivity contribution in [1.82, 2.24) is 0 Å². The molecular weight excluding hydrogens is 188 g/mol. The van der Waals surface area contributed by atoms with Gasteiger partial charge in [-0.3, -0.25) is 14.4 Å². The average Bonchev–Trinajstić information content (AvgIpc) is 2.42. The number of aliphatic carboxylic acids is 1. The lowest BCUT2D eigenvalue weighted by molar-refractivity contribution is -0.153. The van der Waals surface area contributed by atoms with Crippen LogP contribution in [0.2, 0.25) is 0 Å². The summed E-state index contributed by atoms with van der Waals surface area (Å²) in [5.74, 6) is -3.34. The second-order valence-electron chi connectivity index (χ2n) is 3.80. The van der Waals surface area contributed by atoms with Gasteiger partial charge in [0.25, 0.3) is 0 Å². The number of carbonyl (C=O) groups is 3. The van der Waals surface area contributed by atoms with Gasteiger partial charge in [-0.2, -0.15) is 0 Å². The second kappa shape index (κ2) is 3.08. The molecule has 0 aromatic heterocycles. The zero-order valence-corrected chi connectivity index (χ0v) is 7.43. The molecule has 0 bridgehead atoms. The third-order valence-corrected chi connectivity index (χ3v) is 3.01. The first-order valence-electron chi connectivity index (χ1n) is 4.58. The molecule has 0 aromatic rings. The number of esters is 2. The van der Waals surface area contributed by atoms with Crippen LogP contribution in [0.1, 0.15) is 19.3 Å². The Labute approximate surface area is 80.0 Å². The predicted octanol–water partition coefficient (Wildman–Crippen LogP) is 0.187. The highest BCUT2D eigenvalue weighted by Crippen LogP contribution is 2.39. The third-order valence-electron chi connectivity index (χ3n) is 3.01. The summed E-state index contributed by atoms with van der Waals surface area (Å²) in [6, 6.07) is 0. The van der Waals surface area contributed by atoms with E-state index in [1.165, 1.54) is 0 Å². The van der Waals surface area contributed by atoms with Gasteiger partial charge >= 0.3 is 17.9 Å².